The Kier molecular flexibility index (Phi) is 5.83. The van der Waals surface area contributed by atoms with Crippen molar-refractivity contribution < 1.29 is 5.11 Å². The first kappa shape index (κ1) is 19.0. The minimum atomic E-state index is -0.516. The Morgan fingerprint density at radius 2 is 2.04 bits per heavy atom. The topological polar surface area (TPSA) is 90.7 Å². The maximum Gasteiger partial charge on any atom is 0.281 e. The molecule has 8 heteroatoms. The number of nitriles is 1. The van der Waals surface area contributed by atoms with Crippen LogP contribution in [0.25, 0.3) is 0 Å². The fourth-order valence-electron chi connectivity index (χ4n) is 2.29. The molecule has 1 N–H and O–H groups in total. The van der Waals surface area contributed by atoms with Gasteiger partial charge in [-0.25, -0.2) is 0 Å². The summed E-state index contributed by atoms with van der Waals surface area (Å²) in [4.78, 5) is 12.7. The average molecular weight is 379 g/mol. The number of aromatic hydroxyl groups is 1. The van der Waals surface area contributed by atoms with Crippen LogP contribution in [0.3, 0.4) is 0 Å². The van der Waals surface area contributed by atoms with Gasteiger partial charge >= 0.3 is 0 Å². The lowest BCUT2D eigenvalue weighted by Crippen LogP contribution is -2.24. The number of hydrogen-bond donors (Lipinski definition) is 1. The van der Waals surface area contributed by atoms with Gasteiger partial charge in [0, 0.05) is 16.6 Å². The van der Waals surface area contributed by atoms with Crippen LogP contribution < -0.4 is 5.56 Å². The van der Waals surface area contributed by atoms with Gasteiger partial charge in [-0.1, -0.05) is 30.1 Å². The number of rotatable bonds is 4. The highest BCUT2D eigenvalue weighted by atomic mass is 35.5. The number of benzene rings is 1. The fourth-order valence-corrected chi connectivity index (χ4v) is 2.73. The molecule has 0 aliphatic carbocycles. The van der Waals surface area contributed by atoms with E-state index < -0.39 is 5.56 Å². The average Bonchev–Trinajstić information content (AvgIpc) is 2.56. The van der Waals surface area contributed by atoms with Crippen LogP contribution in [-0.4, -0.2) is 9.67 Å². The van der Waals surface area contributed by atoms with Gasteiger partial charge in [-0.05, 0) is 38.5 Å². The Balaban J connectivity index is 2.67. The highest BCUT2D eigenvalue weighted by Crippen LogP contribution is 2.32. The Hall–Kier alpha value is -2.36. The molecule has 6 nitrogen and oxygen atoms in total. The van der Waals surface area contributed by atoms with Gasteiger partial charge in [-0.15, -0.1) is 10.2 Å². The molecule has 1 aromatic carbocycles. The van der Waals surface area contributed by atoms with Crippen LogP contribution in [0.15, 0.2) is 33.2 Å². The van der Waals surface area contributed by atoms with Crippen LogP contribution in [0.1, 0.15) is 37.4 Å². The van der Waals surface area contributed by atoms with Crippen LogP contribution in [-0.2, 0) is 0 Å². The lowest BCUT2D eigenvalue weighted by Gasteiger charge is -2.17. The smallest absolute Gasteiger partial charge is 0.281 e. The van der Waals surface area contributed by atoms with E-state index in [-0.39, 0.29) is 33.8 Å². The van der Waals surface area contributed by atoms with E-state index in [0.29, 0.717) is 17.1 Å². The number of nitrogens with zero attached hydrogens (tertiary/aromatic N) is 4. The molecule has 0 aliphatic rings. The van der Waals surface area contributed by atoms with Crippen LogP contribution in [0.5, 0.6) is 5.88 Å². The Morgan fingerprint density at radius 1 is 1.36 bits per heavy atom. The highest BCUT2D eigenvalue weighted by molar-refractivity contribution is 6.36. The van der Waals surface area contributed by atoms with E-state index in [4.69, 9.17) is 23.2 Å². The maximum absolute atomic E-state index is 12.7. The van der Waals surface area contributed by atoms with E-state index >= 15 is 0 Å². The number of pyridine rings is 1. The summed E-state index contributed by atoms with van der Waals surface area (Å²) in [6.45, 7) is 5.18. The third kappa shape index (κ3) is 3.68. The quantitative estimate of drug-likeness (QED) is 0.719. The van der Waals surface area contributed by atoms with E-state index in [2.05, 4.69) is 10.2 Å². The van der Waals surface area contributed by atoms with Gasteiger partial charge in [0.2, 0.25) is 5.88 Å². The summed E-state index contributed by atoms with van der Waals surface area (Å²) in [5, 5.41) is 28.3. The zero-order chi connectivity index (χ0) is 18.7. The summed E-state index contributed by atoms with van der Waals surface area (Å²) < 4.78 is 1.16. The first-order chi connectivity index (χ1) is 11.8. The number of halogens is 2. The monoisotopic (exact) mass is 378 g/mol. The molecule has 0 fully saturated rings. The molecule has 25 heavy (non-hydrogen) atoms. The van der Waals surface area contributed by atoms with Gasteiger partial charge in [0.05, 0.1) is 5.02 Å². The second-order valence-corrected chi connectivity index (χ2v) is 6.36. The van der Waals surface area contributed by atoms with Crippen molar-refractivity contribution in [3.63, 3.8) is 0 Å². The Morgan fingerprint density at radius 3 is 2.60 bits per heavy atom. The molecule has 2 rings (SSSR count). The predicted octanol–water partition coefficient (Wildman–Crippen LogP) is 5.43. The van der Waals surface area contributed by atoms with Gasteiger partial charge in [-0.2, -0.15) is 5.26 Å². The SMILES string of the molecule is CCC(C)n1c(O)c(C#N)c(C)c(N=Nc2ccc(Cl)cc2Cl)c1=O. The highest BCUT2D eigenvalue weighted by Gasteiger charge is 2.21. The second kappa shape index (κ2) is 7.68. The van der Waals surface area contributed by atoms with E-state index in [1.165, 1.54) is 6.07 Å². The number of azo groups is 1. The van der Waals surface area contributed by atoms with Crippen molar-refractivity contribution in [2.24, 2.45) is 10.2 Å². The van der Waals surface area contributed by atoms with Crippen LogP contribution in [0.2, 0.25) is 10.0 Å². The zero-order valence-electron chi connectivity index (χ0n) is 13.9. The minimum absolute atomic E-state index is 0.00365. The first-order valence-corrected chi connectivity index (χ1v) is 8.32. The molecule has 0 aliphatic heterocycles. The molecule has 0 bridgehead atoms. The van der Waals surface area contributed by atoms with Crippen molar-refractivity contribution in [3.05, 3.63) is 49.7 Å². The van der Waals surface area contributed by atoms with Gasteiger partial charge < -0.3 is 5.11 Å². The second-order valence-electron chi connectivity index (χ2n) is 5.51. The molecule has 1 unspecified atom stereocenters. The van der Waals surface area contributed by atoms with Crippen LogP contribution in [0, 0.1) is 18.3 Å². The maximum atomic E-state index is 12.7. The molecule has 1 atom stereocenters. The van der Waals surface area contributed by atoms with E-state index in [9.17, 15) is 15.2 Å². The number of hydrogen-bond acceptors (Lipinski definition) is 5. The van der Waals surface area contributed by atoms with E-state index in [0.717, 1.165) is 4.57 Å². The standard InChI is InChI=1S/C17H16Cl2N4O2/c1-4-9(2)23-16(24)12(8-20)10(3)15(17(23)25)22-21-14-6-5-11(18)7-13(14)19/h5-7,9,24H,4H2,1-3H3. The first-order valence-electron chi connectivity index (χ1n) is 7.56. The van der Waals surface area contributed by atoms with Gasteiger partial charge in [-0.3, -0.25) is 9.36 Å². The molecule has 0 amide bonds. The van der Waals surface area contributed by atoms with Crippen molar-refractivity contribution in [2.75, 3.05) is 0 Å². The predicted molar refractivity (Wildman–Crippen MR) is 97.5 cm³/mol. The van der Waals surface area contributed by atoms with Crippen molar-refractivity contribution >= 4 is 34.6 Å². The Labute approximate surface area is 155 Å². The molecule has 0 saturated heterocycles. The van der Waals surface area contributed by atoms with Gasteiger partial charge in [0.25, 0.3) is 5.56 Å². The molecule has 130 valence electrons. The van der Waals surface area contributed by atoms with Gasteiger partial charge in [0.15, 0.2) is 5.69 Å². The summed E-state index contributed by atoms with van der Waals surface area (Å²) in [5.74, 6) is -0.358. The molecule has 0 radical (unpaired) electrons. The number of aromatic nitrogens is 1. The molecule has 1 aromatic heterocycles. The molecule has 0 saturated carbocycles. The molecular weight excluding hydrogens is 363 g/mol. The third-order valence-electron chi connectivity index (χ3n) is 3.91. The van der Waals surface area contributed by atoms with Crippen molar-refractivity contribution in [1.29, 1.82) is 5.26 Å². The molecule has 0 spiro atoms. The van der Waals surface area contributed by atoms with Crippen molar-refractivity contribution in [2.45, 2.75) is 33.2 Å². The Bertz CT molecular complexity index is 945. The van der Waals surface area contributed by atoms with E-state index in [1.807, 2.05) is 13.0 Å². The van der Waals surface area contributed by atoms with Crippen molar-refractivity contribution in [1.82, 2.24) is 4.57 Å². The van der Waals surface area contributed by atoms with Crippen LogP contribution >= 0.6 is 23.2 Å². The van der Waals surface area contributed by atoms with Crippen molar-refractivity contribution in [3.8, 4) is 11.9 Å². The van der Waals surface area contributed by atoms with Gasteiger partial charge in [0.1, 0.15) is 17.3 Å². The summed E-state index contributed by atoms with van der Waals surface area (Å²) in [7, 11) is 0. The lowest BCUT2D eigenvalue weighted by molar-refractivity contribution is 0.372. The largest absolute Gasteiger partial charge is 0.493 e. The van der Waals surface area contributed by atoms with E-state index in [1.54, 1.807) is 26.0 Å². The third-order valence-corrected chi connectivity index (χ3v) is 4.45. The molecule has 2 aromatic rings. The normalized spacial score (nSPS) is 12.3. The summed E-state index contributed by atoms with van der Waals surface area (Å²) in [5.41, 5.74) is 0.0684. The lowest BCUT2D eigenvalue weighted by atomic mass is 10.1. The fraction of sp³-hybridized carbons (Fsp3) is 0.294. The molecular formula is C17H16Cl2N4O2. The summed E-state index contributed by atoms with van der Waals surface area (Å²) in [6.07, 6.45) is 0.598. The summed E-state index contributed by atoms with van der Waals surface area (Å²) in [6, 6.07) is 6.30. The summed E-state index contributed by atoms with van der Waals surface area (Å²) >= 11 is 11.9. The molecule has 1 heterocycles. The van der Waals surface area contributed by atoms with Crippen LogP contribution in [0.4, 0.5) is 11.4 Å². The minimum Gasteiger partial charge on any atom is -0.493 e. The zero-order valence-corrected chi connectivity index (χ0v) is 15.4.